The lowest BCUT2D eigenvalue weighted by atomic mass is 9.73. The van der Waals surface area contributed by atoms with Crippen LogP contribution in [0.25, 0.3) is 0 Å². The molecule has 0 radical (unpaired) electrons. The molecule has 2 heteroatoms. The van der Waals surface area contributed by atoms with E-state index in [1.807, 2.05) is 13.0 Å². The number of aliphatic hydroxyl groups is 1. The highest BCUT2D eigenvalue weighted by atomic mass is 16.3. The molecule has 1 fully saturated rings. The van der Waals surface area contributed by atoms with Gasteiger partial charge in [-0.05, 0) is 62.5 Å². The molecule has 0 spiro atoms. The van der Waals surface area contributed by atoms with Crippen molar-refractivity contribution in [1.29, 1.82) is 0 Å². The van der Waals surface area contributed by atoms with Crippen LogP contribution in [-0.4, -0.2) is 16.2 Å². The zero-order valence-corrected chi connectivity index (χ0v) is 11.8. The fraction of sp³-hybridized carbons (Fsp3) is 0.688. The van der Waals surface area contributed by atoms with Gasteiger partial charge in [-0.2, -0.15) is 0 Å². The number of aliphatic hydroxyl groups excluding tert-OH is 1. The first-order valence-corrected chi connectivity index (χ1v) is 7.17. The summed E-state index contributed by atoms with van der Waals surface area (Å²) >= 11 is 0. The first-order valence-electron chi connectivity index (χ1n) is 7.17. The van der Waals surface area contributed by atoms with E-state index in [9.17, 15) is 5.11 Å². The number of aryl methyl sites for hydroxylation is 1. The molecule has 1 aliphatic rings. The summed E-state index contributed by atoms with van der Waals surface area (Å²) in [4.78, 5) is 4.56. The third-order valence-electron chi connectivity index (χ3n) is 4.34. The molecule has 1 saturated carbocycles. The fourth-order valence-electron chi connectivity index (χ4n) is 3.09. The number of hydrogen-bond donors (Lipinski definition) is 1. The van der Waals surface area contributed by atoms with Gasteiger partial charge in [0.05, 0.1) is 6.10 Å². The monoisotopic (exact) mass is 247 g/mol. The molecular weight excluding hydrogens is 222 g/mol. The van der Waals surface area contributed by atoms with Crippen LogP contribution in [0, 0.1) is 24.7 Å². The Kier molecular flexibility index (Phi) is 4.39. The van der Waals surface area contributed by atoms with Gasteiger partial charge in [0.25, 0.3) is 0 Å². The minimum Gasteiger partial charge on any atom is -0.393 e. The van der Waals surface area contributed by atoms with E-state index in [-0.39, 0.29) is 6.10 Å². The van der Waals surface area contributed by atoms with Crippen LogP contribution in [0.2, 0.25) is 0 Å². The molecule has 0 saturated heterocycles. The first-order chi connectivity index (χ1) is 8.56. The van der Waals surface area contributed by atoms with Crippen molar-refractivity contribution in [3.63, 3.8) is 0 Å². The maximum atomic E-state index is 10.2. The van der Waals surface area contributed by atoms with Gasteiger partial charge in [-0.3, -0.25) is 4.98 Å². The molecule has 3 atom stereocenters. The van der Waals surface area contributed by atoms with Crippen LogP contribution < -0.4 is 0 Å². The molecule has 100 valence electrons. The summed E-state index contributed by atoms with van der Waals surface area (Å²) in [5.74, 6) is 1.88. The van der Waals surface area contributed by atoms with Crippen LogP contribution in [-0.2, 0) is 6.42 Å². The van der Waals surface area contributed by atoms with Crippen molar-refractivity contribution in [2.45, 2.75) is 52.6 Å². The highest BCUT2D eigenvalue weighted by molar-refractivity contribution is 5.11. The number of nitrogens with zero attached hydrogens (tertiary/aromatic N) is 1. The Bertz CT molecular complexity index is 388. The maximum absolute atomic E-state index is 10.2. The topological polar surface area (TPSA) is 33.1 Å². The second-order valence-corrected chi connectivity index (χ2v) is 6.12. The summed E-state index contributed by atoms with van der Waals surface area (Å²) in [5.41, 5.74) is 2.20. The molecule has 1 heterocycles. The number of aromatic nitrogens is 1. The SMILES string of the molecule is Cc1cccc(CC2CC(C(C)C)CCC2O)n1. The van der Waals surface area contributed by atoms with E-state index in [2.05, 4.69) is 31.0 Å². The third kappa shape index (κ3) is 3.32. The molecule has 1 aromatic heterocycles. The highest BCUT2D eigenvalue weighted by Gasteiger charge is 2.30. The van der Waals surface area contributed by atoms with E-state index in [1.54, 1.807) is 0 Å². The van der Waals surface area contributed by atoms with Gasteiger partial charge in [0, 0.05) is 11.4 Å². The van der Waals surface area contributed by atoms with E-state index in [0.29, 0.717) is 5.92 Å². The largest absolute Gasteiger partial charge is 0.393 e. The van der Waals surface area contributed by atoms with Crippen molar-refractivity contribution in [1.82, 2.24) is 4.98 Å². The van der Waals surface area contributed by atoms with Crippen molar-refractivity contribution in [2.75, 3.05) is 0 Å². The standard InChI is InChI=1S/C16H25NO/c1-11(2)13-7-8-16(18)14(9-13)10-15-6-4-5-12(3)17-15/h4-6,11,13-14,16,18H,7-10H2,1-3H3. The van der Waals surface area contributed by atoms with Gasteiger partial charge in [-0.25, -0.2) is 0 Å². The summed E-state index contributed by atoms with van der Waals surface area (Å²) in [6.07, 6.45) is 4.07. The van der Waals surface area contributed by atoms with Crippen molar-refractivity contribution < 1.29 is 5.11 Å². The zero-order chi connectivity index (χ0) is 13.1. The van der Waals surface area contributed by atoms with Gasteiger partial charge in [-0.1, -0.05) is 19.9 Å². The molecule has 0 aliphatic heterocycles. The maximum Gasteiger partial charge on any atom is 0.0572 e. The molecule has 18 heavy (non-hydrogen) atoms. The molecule has 2 rings (SSSR count). The minimum atomic E-state index is -0.137. The Morgan fingerprint density at radius 3 is 2.78 bits per heavy atom. The Hall–Kier alpha value is -0.890. The molecule has 1 aromatic rings. The number of rotatable bonds is 3. The molecular formula is C16H25NO. The lowest BCUT2D eigenvalue weighted by molar-refractivity contribution is 0.0374. The van der Waals surface area contributed by atoms with E-state index in [0.717, 1.165) is 42.5 Å². The van der Waals surface area contributed by atoms with Gasteiger partial charge in [0.2, 0.25) is 0 Å². The summed E-state index contributed by atoms with van der Waals surface area (Å²) < 4.78 is 0. The van der Waals surface area contributed by atoms with Gasteiger partial charge in [0.15, 0.2) is 0 Å². The van der Waals surface area contributed by atoms with Crippen molar-refractivity contribution in [2.24, 2.45) is 17.8 Å². The molecule has 3 unspecified atom stereocenters. The lowest BCUT2D eigenvalue weighted by Gasteiger charge is -2.35. The van der Waals surface area contributed by atoms with Crippen LogP contribution in [0.3, 0.4) is 0 Å². The normalized spacial score (nSPS) is 28.6. The van der Waals surface area contributed by atoms with Crippen LogP contribution in [0.15, 0.2) is 18.2 Å². The summed E-state index contributed by atoms with van der Waals surface area (Å²) in [6.45, 7) is 6.62. The number of pyridine rings is 1. The second-order valence-electron chi connectivity index (χ2n) is 6.12. The van der Waals surface area contributed by atoms with E-state index >= 15 is 0 Å². The Morgan fingerprint density at radius 2 is 2.11 bits per heavy atom. The fourth-order valence-corrected chi connectivity index (χ4v) is 3.09. The van der Waals surface area contributed by atoms with Gasteiger partial charge >= 0.3 is 0 Å². The quantitative estimate of drug-likeness (QED) is 0.888. The van der Waals surface area contributed by atoms with Crippen LogP contribution in [0.1, 0.15) is 44.5 Å². The van der Waals surface area contributed by atoms with Crippen LogP contribution >= 0.6 is 0 Å². The minimum absolute atomic E-state index is 0.137. The average Bonchev–Trinajstić information content (AvgIpc) is 2.31. The lowest BCUT2D eigenvalue weighted by Crippen LogP contribution is -2.32. The predicted octanol–water partition coefficient (Wildman–Crippen LogP) is 3.37. The predicted molar refractivity (Wildman–Crippen MR) is 74.4 cm³/mol. The van der Waals surface area contributed by atoms with E-state index in [1.165, 1.54) is 6.42 Å². The molecule has 0 aromatic carbocycles. The Balaban J connectivity index is 2.02. The van der Waals surface area contributed by atoms with Crippen molar-refractivity contribution in [3.8, 4) is 0 Å². The average molecular weight is 247 g/mol. The molecule has 0 bridgehead atoms. The Labute approximate surface area is 110 Å². The van der Waals surface area contributed by atoms with Gasteiger partial charge in [-0.15, -0.1) is 0 Å². The first kappa shape index (κ1) is 13.5. The summed E-state index contributed by atoms with van der Waals surface area (Å²) in [7, 11) is 0. The molecule has 0 amide bonds. The third-order valence-corrected chi connectivity index (χ3v) is 4.34. The smallest absolute Gasteiger partial charge is 0.0572 e. The van der Waals surface area contributed by atoms with E-state index < -0.39 is 0 Å². The van der Waals surface area contributed by atoms with Gasteiger partial charge < -0.3 is 5.11 Å². The van der Waals surface area contributed by atoms with Gasteiger partial charge in [0.1, 0.15) is 0 Å². The molecule has 1 aliphatic carbocycles. The van der Waals surface area contributed by atoms with Crippen molar-refractivity contribution >= 4 is 0 Å². The summed E-state index contributed by atoms with van der Waals surface area (Å²) in [6, 6.07) is 6.17. The van der Waals surface area contributed by atoms with Crippen molar-refractivity contribution in [3.05, 3.63) is 29.6 Å². The zero-order valence-electron chi connectivity index (χ0n) is 11.8. The molecule has 1 N–H and O–H groups in total. The summed E-state index contributed by atoms with van der Waals surface area (Å²) in [5, 5.41) is 10.2. The Morgan fingerprint density at radius 1 is 1.33 bits per heavy atom. The highest BCUT2D eigenvalue weighted by Crippen LogP contribution is 2.35. The molecule has 2 nitrogen and oxygen atoms in total. The van der Waals surface area contributed by atoms with E-state index in [4.69, 9.17) is 0 Å². The number of hydrogen-bond acceptors (Lipinski definition) is 2. The second kappa shape index (κ2) is 5.83. The van der Waals surface area contributed by atoms with Crippen LogP contribution in [0.5, 0.6) is 0 Å². The van der Waals surface area contributed by atoms with Crippen LogP contribution in [0.4, 0.5) is 0 Å².